The molecule has 0 bridgehead atoms. The summed E-state index contributed by atoms with van der Waals surface area (Å²) in [6, 6.07) is 17.6. The molecule has 0 spiro atoms. The molecule has 184 valence electrons. The summed E-state index contributed by atoms with van der Waals surface area (Å²) in [7, 11) is 2.00. The van der Waals surface area contributed by atoms with Crippen LogP contribution in [0, 0.1) is 0 Å². The van der Waals surface area contributed by atoms with Gasteiger partial charge in [0, 0.05) is 12.8 Å². The van der Waals surface area contributed by atoms with Crippen molar-refractivity contribution in [3.63, 3.8) is 0 Å². The monoisotopic (exact) mass is 541 g/mol. The van der Waals surface area contributed by atoms with Crippen LogP contribution in [0.25, 0.3) is 0 Å². The number of aliphatic hydroxyl groups is 1. The molecule has 1 saturated heterocycles. The number of benzene rings is 2. The van der Waals surface area contributed by atoms with Crippen LogP contribution in [0.3, 0.4) is 0 Å². The maximum absolute atomic E-state index is 13.3. The number of anilines is 1. The van der Waals surface area contributed by atoms with Crippen LogP contribution in [-0.2, 0) is 19.9 Å². The summed E-state index contributed by atoms with van der Waals surface area (Å²) in [5, 5.41) is 14.2. The number of nitrogens with zero attached hydrogens (tertiary/aromatic N) is 4. The second kappa shape index (κ2) is 11.5. The molecule has 1 fully saturated rings. The summed E-state index contributed by atoms with van der Waals surface area (Å²) in [4.78, 5) is 37.3. The minimum Gasteiger partial charge on any atom is -1.00 e. The van der Waals surface area contributed by atoms with Gasteiger partial charge in [-0.15, -0.1) is 0 Å². The molecule has 0 atom stereocenters. The normalized spacial score (nSPS) is 19.8. The van der Waals surface area contributed by atoms with E-state index in [0.717, 1.165) is 0 Å². The molecule has 0 aliphatic carbocycles. The first-order valence-corrected chi connectivity index (χ1v) is 11.2. The Morgan fingerprint density at radius 1 is 1.00 bits per heavy atom. The zero-order valence-electron chi connectivity index (χ0n) is 19.4. The molecular formula is C25H28BrN5O4. The van der Waals surface area contributed by atoms with E-state index in [0.29, 0.717) is 41.5 Å². The Labute approximate surface area is 214 Å². The third-order valence-electron chi connectivity index (χ3n) is 6.20. The smallest absolute Gasteiger partial charge is 0.347 e. The third-order valence-corrected chi connectivity index (χ3v) is 6.20. The van der Waals surface area contributed by atoms with Crippen molar-refractivity contribution in [1.82, 2.24) is 15.0 Å². The van der Waals surface area contributed by atoms with E-state index in [1.807, 2.05) is 19.2 Å². The molecule has 10 heteroatoms. The molecule has 1 aliphatic heterocycles. The van der Waals surface area contributed by atoms with Crippen molar-refractivity contribution in [2.75, 3.05) is 32.0 Å². The van der Waals surface area contributed by atoms with Gasteiger partial charge in [-0.3, -0.25) is 10.1 Å². The van der Waals surface area contributed by atoms with Gasteiger partial charge in [0.25, 0.3) is 5.91 Å². The van der Waals surface area contributed by atoms with E-state index in [9.17, 15) is 14.7 Å². The fourth-order valence-corrected chi connectivity index (χ4v) is 4.26. The molecule has 1 aliphatic rings. The quantitative estimate of drug-likeness (QED) is 0.288. The summed E-state index contributed by atoms with van der Waals surface area (Å²) >= 11 is 0. The number of nitrogens with one attached hydrogen (secondary N) is 1. The van der Waals surface area contributed by atoms with Gasteiger partial charge < -0.3 is 31.3 Å². The molecule has 35 heavy (non-hydrogen) atoms. The van der Waals surface area contributed by atoms with Crippen LogP contribution in [0.2, 0.25) is 0 Å². The number of quaternary nitrogens is 1. The number of rotatable bonds is 7. The predicted molar refractivity (Wildman–Crippen MR) is 124 cm³/mol. The highest BCUT2D eigenvalue weighted by atomic mass is 79.9. The molecule has 4 rings (SSSR count). The van der Waals surface area contributed by atoms with Gasteiger partial charge in [0.1, 0.15) is 18.8 Å². The molecule has 0 radical (unpaired) electrons. The number of amides is 1. The van der Waals surface area contributed by atoms with Crippen LogP contribution in [-0.4, -0.2) is 69.2 Å². The van der Waals surface area contributed by atoms with Gasteiger partial charge in [0.2, 0.25) is 11.5 Å². The maximum atomic E-state index is 13.3. The van der Waals surface area contributed by atoms with E-state index in [1.54, 1.807) is 48.5 Å². The van der Waals surface area contributed by atoms with Crippen molar-refractivity contribution in [2.45, 2.75) is 24.5 Å². The molecule has 1 amide bonds. The summed E-state index contributed by atoms with van der Waals surface area (Å²) in [6.45, 7) is 1.56. The first kappa shape index (κ1) is 26.4. The zero-order valence-corrected chi connectivity index (χ0v) is 21.0. The Hall–Kier alpha value is -3.21. The van der Waals surface area contributed by atoms with Gasteiger partial charge in [-0.25, -0.2) is 19.7 Å². The first-order chi connectivity index (χ1) is 16.4. The lowest BCUT2D eigenvalue weighted by Crippen LogP contribution is -3.00. The number of aromatic nitrogens is 3. The third kappa shape index (κ3) is 6.27. The SMILES string of the molecule is C[N+]1(CC(=O)Nc2ncncn2)CCC(OC(=O)C(O)(c2ccccc2)c2ccccc2)CC1.[Br-]. The van der Waals surface area contributed by atoms with Crippen molar-refractivity contribution >= 4 is 17.8 Å². The number of piperidine rings is 1. The lowest BCUT2D eigenvalue weighted by atomic mass is 9.86. The van der Waals surface area contributed by atoms with E-state index in [-0.39, 0.29) is 41.5 Å². The van der Waals surface area contributed by atoms with Crippen molar-refractivity contribution in [3.05, 3.63) is 84.4 Å². The average Bonchev–Trinajstić information content (AvgIpc) is 2.86. The minimum atomic E-state index is -1.90. The number of esters is 1. The molecule has 2 aromatic carbocycles. The van der Waals surface area contributed by atoms with Crippen molar-refractivity contribution in [2.24, 2.45) is 0 Å². The Kier molecular flexibility index (Phi) is 8.66. The zero-order chi connectivity index (χ0) is 24.0. The van der Waals surface area contributed by atoms with E-state index < -0.39 is 11.6 Å². The van der Waals surface area contributed by atoms with E-state index >= 15 is 0 Å². The maximum Gasteiger partial charge on any atom is 0.347 e. The minimum absolute atomic E-state index is 0. The molecule has 2 N–H and O–H groups in total. The number of hydrogen-bond acceptors (Lipinski definition) is 7. The highest BCUT2D eigenvalue weighted by molar-refractivity contribution is 5.89. The first-order valence-electron chi connectivity index (χ1n) is 11.2. The van der Waals surface area contributed by atoms with Crippen molar-refractivity contribution in [1.29, 1.82) is 0 Å². The lowest BCUT2D eigenvalue weighted by molar-refractivity contribution is -0.907. The molecular weight excluding hydrogens is 514 g/mol. The second-order valence-corrected chi connectivity index (χ2v) is 8.78. The standard InChI is InChI=1S/C25H27N5O4.BrH/c1-30(16-22(31)29-24-27-17-26-18-28-24)14-12-21(13-15-30)34-23(32)25(33,19-8-4-2-5-9-19)20-10-6-3-7-11-20;/h2-11,17-18,21,33H,12-16H2,1H3;1H. The largest absolute Gasteiger partial charge is 1.00 e. The number of likely N-dealkylation sites (tertiary alicyclic amines) is 1. The fraction of sp³-hybridized carbons (Fsp3) is 0.320. The van der Waals surface area contributed by atoms with Crippen LogP contribution >= 0.6 is 0 Å². The molecule has 0 unspecified atom stereocenters. The van der Waals surface area contributed by atoms with Crippen molar-refractivity contribution in [3.8, 4) is 0 Å². The van der Waals surface area contributed by atoms with Crippen LogP contribution in [0.1, 0.15) is 24.0 Å². The highest BCUT2D eigenvalue weighted by Crippen LogP contribution is 2.32. The van der Waals surface area contributed by atoms with E-state index in [2.05, 4.69) is 20.3 Å². The van der Waals surface area contributed by atoms with Crippen molar-refractivity contribution < 1.29 is 40.9 Å². The van der Waals surface area contributed by atoms with Crippen LogP contribution in [0.4, 0.5) is 5.95 Å². The number of carbonyl (C=O) groups is 2. The van der Waals surface area contributed by atoms with Gasteiger partial charge >= 0.3 is 5.97 Å². The Bertz CT molecular complexity index is 1070. The number of carbonyl (C=O) groups excluding carboxylic acids is 2. The van der Waals surface area contributed by atoms with Gasteiger partial charge in [-0.05, 0) is 11.1 Å². The van der Waals surface area contributed by atoms with Crippen LogP contribution in [0.15, 0.2) is 73.3 Å². The number of ether oxygens (including phenoxy) is 1. The lowest BCUT2D eigenvalue weighted by Gasteiger charge is -2.40. The van der Waals surface area contributed by atoms with Gasteiger partial charge in [-0.2, -0.15) is 0 Å². The topological polar surface area (TPSA) is 114 Å². The highest BCUT2D eigenvalue weighted by Gasteiger charge is 2.44. The molecule has 1 aromatic heterocycles. The number of hydrogen-bond donors (Lipinski definition) is 2. The Balaban J connectivity index is 0.00000342. The molecule has 3 aromatic rings. The molecule has 2 heterocycles. The number of likely N-dealkylation sites (N-methyl/N-ethyl adjacent to an activating group) is 1. The second-order valence-electron chi connectivity index (χ2n) is 8.78. The van der Waals surface area contributed by atoms with Crippen LogP contribution < -0.4 is 22.3 Å². The van der Waals surface area contributed by atoms with Gasteiger partial charge in [0.05, 0.1) is 20.1 Å². The fourth-order valence-electron chi connectivity index (χ4n) is 4.26. The Morgan fingerprint density at radius 2 is 1.51 bits per heavy atom. The van der Waals surface area contributed by atoms with Crippen LogP contribution in [0.5, 0.6) is 0 Å². The summed E-state index contributed by atoms with van der Waals surface area (Å²) in [5.74, 6) is -0.665. The molecule has 9 nitrogen and oxygen atoms in total. The number of halogens is 1. The van der Waals surface area contributed by atoms with E-state index in [4.69, 9.17) is 4.74 Å². The predicted octanol–water partition coefficient (Wildman–Crippen LogP) is -1.10. The Morgan fingerprint density at radius 3 is 2.03 bits per heavy atom. The summed E-state index contributed by atoms with van der Waals surface area (Å²) in [6.07, 6.45) is 3.47. The van der Waals surface area contributed by atoms with E-state index in [1.165, 1.54) is 12.7 Å². The summed E-state index contributed by atoms with van der Waals surface area (Å²) < 4.78 is 6.34. The van der Waals surface area contributed by atoms with Gasteiger partial charge in [0.15, 0.2) is 6.54 Å². The summed E-state index contributed by atoms with van der Waals surface area (Å²) in [5.41, 5.74) is -0.988. The average molecular weight is 542 g/mol. The van der Waals surface area contributed by atoms with Gasteiger partial charge in [-0.1, -0.05) is 60.7 Å². The molecule has 0 saturated carbocycles.